The molecule has 0 bridgehead atoms. The Morgan fingerprint density at radius 1 is 1.60 bits per heavy atom. The van der Waals surface area contributed by atoms with Crippen LogP contribution in [0.25, 0.3) is 0 Å². The molecule has 0 fully saturated rings. The van der Waals surface area contributed by atoms with E-state index in [1.54, 1.807) is 18.2 Å². The van der Waals surface area contributed by atoms with Crippen molar-refractivity contribution in [2.75, 3.05) is 11.9 Å². The molecule has 0 aliphatic rings. The van der Waals surface area contributed by atoms with E-state index in [9.17, 15) is 14.9 Å². The van der Waals surface area contributed by atoms with Crippen LogP contribution < -0.4 is 5.32 Å². The summed E-state index contributed by atoms with van der Waals surface area (Å²) in [6.07, 6.45) is 0. The van der Waals surface area contributed by atoms with E-state index in [-0.39, 0.29) is 0 Å². The first kappa shape index (κ1) is 11.9. The summed E-state index contributed by atoms with van der Waals surface area (Å²) in [7, 11) is 0. The number of hydrogen-bond acceptors (Lipinski definition) is 3. The summed E-state index contributed by atoms with van der Waals surface area (Å²) in [6.45, 7) is -0.755. The lowest BCUT2D eigenvalue weighted by Gasteiger charge is -2.04. The largest absolute Gasteiger partial charge is 0.319 e. The van der Waals surface area contributed by atoms with E-state index in [0.29, 0.717) is 15.2 Å². The molecule has 1 aromatic rings. The molecule has 0 heterocycles. The number of carbonyl (C=O) groups excluding carboxylic acids is 1. The maximum Gasteiger partial charge on any atom is 0.296 e. The smallest absolute Gasteiger partial charge is 0.296 e. The van der Waals surface area contributed by atoms with Crippen molar-refractivity contribution in [3.8, 4) is 0 Å². The second-order valence-corrected chi connectivity index (χ2v) is 3.95. The molecular formula is C8H6BrClN2O3. The summed E-state index contributed by atoms with van der Waals surface area (Å²) in [5, 5.41) is 12.9. The lowest BCUT2D eigenvalue weighted by molar-refractivity contribution is -0.467. The number of benzene rings is 1. The van der Waals surface area contributed by atoms with Crippen LogP contribution in [0.1, 0.15) is 0 Å². The predicted molar refractivity (Wildman–Crippen MR) is 59.6 cm³/mol. The standard InChI is InChI=1S/C8H6BrClN2O3/c9-6-3-5(10)1-2-7(6)11-8(13)4-12(14)15/h1-3H,4H2,(H,11,13). The molecule has 15 heavy (non-hydrogen) atoms. The molecule has 0 saturated heterocycles. The Bertz CT molecular complexity index is 411. The summed E-state index contributed by atoms with van der Waals surface area (Å²) >= 11 is 8.86. The number of amides is 1. The fourth-order valence-corrected chi connectivity index (χ4v) is 1.68. The average Bonchev–Trinajstić information content (AvgIpc) is 2.08. The van der Waals surface area contributed by atoms with Crippen molar-refractivity contribution in [2.24, 2.45) is 0 Å². The Hall–Kier alpha value is -1.14. The van der Waals surface area contributed by atoms with Gasteiger partial charge in [-0.15, -0.1) is 0 Å². The highest BCUT2D eigenvalue weighted by Gasteiger charge is 2.11. The van der Waals surface area contributed by atoms with Crippen LogP contribution in [0.4, 0.5) is 5.69 Å². The van der Waals surface area contributed by atoms with Crippen LogP contribution in [-0.2, 0) is 4.79 Å². The molecule has 1 amide bonds. The van der Waals surface area contributed by atoms with Crippen molar-refractivity contribution in [3.63, 3.8) is 0 Å². The number of rotatable bonds is 3. The first-order valence-corrected chi connectivity index (χ1v) is 5.03. The fraction of sp³-hybridized carbons (Fsp3) is 0.125. The van der Waals surface area contributed by atoms with Crippen LogP contribution in [0, 0.1) is 10.1 Å². The minimum atomic E-state index is -0.755. The van der Waals surface area contributed by atoms with Gasteiger partial charge in [-0.25, -0.2) is 0 Å². The van der Waals surface area contributed by atoms with Crippen molar-refractivity contribution in [1.82, 2.24) is 0 Å². The molecule has 7 heteroatoms. The molecule has 0 aromatic heterocycles. The van der Waals surface area contributed by atoms with Crippen molar-refractivity contribution in [1.29, 1.82) is 0 Å². The number of nitro groups is 1. The molecular weight excluding hydrogens is 287 g/mol. The molecule has 0 aliphatic carbocycles. The van der Waals surface area contributed by atoms with Gasteiger partial charge in [0.2, 0.25) is 0 Å². The van der Waals surface area contributed by atoms with Crippen molar-refractivity contribution < 1.29 is 9.72 Å². The van der Waals surface area contributed by atoms with Crippen molar-refractivity contribution >= 4 is 39.1 Å². The lowest BCUT2D eigenvalue weighted by atomic mass is 10.3. The molecule has 0 spiro atoms. The maximum atomic E-state index is 11.1. The summed E-state index contributed by atoms with van der Waals surface area (Å²) < 4.78 is 0.576. The molecule has 80 valence electrons. The van der Waals surface area contributed by atoms with Gasteiger partial charge >= 0.3 is 0 Å². The molecule has 0 radical (unpaired) electrons. The third kappa shape index (κ3) is 3.85. The highest BCUT2D eigenvalue weighted by molar-refractivity contribution is 9.10. The van der Waals surface area contributed by atoms with Crippen LogP contribution in [0.2, 0.25) is 5.02 Å². The molecule has 0 aliphatic heterocycles. The van der Waals surface area contributed by atoms with Gasteiger partial charge in [-0.05, 0) is 34.1 Å². The molecule has 0 atom stereocenters. The second kappa shape index (κ2) is 5.09. The highest BCUT2D eigenvalue weighted by atomic mass is 79.9. The van der Waals surface area contributed by atoms with Gasteiger partial charge in [0.05, 0.1) is 5.69 Å². The first-order chi connectivity index (χ1) is 6.99. The number of hydrogen-bond donors (Lipinski definition) is 1. The van der Waals surface area contributed by atoms with E-state index in [0.717, 1.165) is 0 Å². The van der Waals surface area contributed by atoms with Gasteiger partial charge < -0.3 is 5.32 Å². The van der Waals surface area contributed by atoms with Gasteiger partial charge in [0.15, 0.2) is 0 Å². The van der Waals surface area contributed by atoms with Gasteiger partial charge in [0.1, 0.15) is 0 Å². The van der Waals surface area contributed by atoms with Gasteiger partial charge in [0, 0.05) is 14.4 Å². The Morgan fingerprint density at radius 3 is 2.80 bits per heavy atom. The highest BCUT2D eigenvalue weighted by Crippen LogP contribution is 2.25. The van der Waals surface area contributed by atoms with E-state index in [1.165, 1.54) is 0 Å². The average molecular weight is 294 g/mol. The number of nitrogens with one attached hydrogen (secondary N) is 1. The molecule has 5 nitrogen and oxygen atoms in total. The number of carbonyl (C=O) groups is 1. The summed E-state index contributed by atoms with van der Waals surface area (Å²) in [4.78, 5) is 20.4. The summed E-state index contributed by atoms with van der Waals surface area (Å²) in [5.41, 5.74) is 0.450. The molecule has 1 aromatic carbocycles. The van der Waals surface area contributed by atoms with Crippen LogP contribution >= 0.6 is 27.5 Å². The number of nitrogens with zero attached hydrogens (tertiary/aromatic N) is 1. The van der Waals surface area contributed by atoms with Gasteiger partial charge in [0.25, 0.3) is 12.5 Å². The first-order valence-electron chi connectivity index (χ1n) is 3.86. The topological polar surface area (TPSA) is 72.2 Å². The van der Waals surface area contributed by atoms with E-state index in [1.807, 2.05) is 0 Å². The normalized spacial score (nSPS) is 9.73. The quantitative estimate of drug-likeness (QED) is 0.686. The van der Waals surface area contributed by atoms with E-state index in [2.05, 4.69) is 21.2 Å². The second-order valence-electron chi connectivity index (χ2n) is 2.66. The van der Waals surface area contributed by atoms with Crippen LogP contribution in [-0.4, -0.2) is 17.4 Å². The van der Waals surface area contributed by atoms with Crippen LogP contribution in [0.3, 0.4) is 0 Å². The minimum absolute atomic E-state index is 0.450. The summed E-state index contributed by atoms with van der Waals surface area (Å²) in [5.74, 6) is -0.678. The van der Waals surface area contributed by atoms with E-state index in [4.69, 9.17) is 11.6 Å². The third-order valence-electron chi connectivity index (χ3n) is 1.48. The maximum absolute atomic E-state index is 11.1. The zero-order valence-electron chi connectivity index (χ0n) is 7.37. The minimum Gasteiger partial charge on any atom is -0.319 e. The Kier molecular flexibility index (Phi) is 4.05. The molecule has 0 unspecified atom stereocenters. The fourth-order valence-electron chi connectivity index (χ4n) is 0.898. The van der Waals surface area contributed by atoms with Crippen LogP contribution in [0.15, 0.2) is 22.7 Å². The van der Waals surface area contributed by atoms with Crippen LogP contribution in [0.5, 0.6) is 0 Å². The van der Waals surface area contributed by atoms with Gasteiger partial charge in [-0.1, -0.05) is 11.6 Å². The summed E-state index contributed by atoms with van der Waals surface area (Å²) in [6, 6.07) is 4.72. The SMILES string of the molecule is O=C(C[N+](=O)[O-])Nc1ccc(Cl)cc1Br. The predicted octanol–water partition coefficient (Wildman–Crippen LogP) is 2.32. The van der Waals surface area contributed by atoms with Crippen molar-refractivity contribution in [2.45, 2.75) is 0 Å². The molecule has 1 N–H and O–H groups in total. The van der Waals surface area contributed by atoms with Crippen molar-refractivity contribution in [3.05, 3.63) is 37.8 Å². The lowest BCUT2D eigenvalue weighted by Crippen LogP contribution is -2.21. The number of anilines is 1. The molecule has 1 rings (SSSR count). The van der Waals surface area contributed by atoms with Gasteiger partial charge in [-0.2, -0.15) is 0 Å². The Balaban J connectivity index is 2.72. The van der Waals surface area contributed by atoms with Gasteiger partial charge in [-0.3, -0.25) is 14.9 Å². The monoisotopic (exact) mass is 292 g/mol. The Morgan fingerprint density at radius 2 is 2.27 bits per heavy atom. The zero-order valence-corrected chi connectivity index (χ0v) is 9.71. The molecule has 0 saturated carbocycles. The number of halogens is 2. The Labute approximate surface area is 98.7 Å². The van der Waals surface area contributed by atoms with E-state index < -0.39 is 17.4 Å². The van der Waals surface area contributed by atoms with E-state index >= 15 is 0 Å². The third-order valence-corrected chi connectivity index (χ3v) is 2.37. The zero-order chi connectivity index (χ0) is 11.4.